The number of rotatable bonds is 7. The molecule has 0 aliphatic carbocycles. The van der Waals surface area contributed by atoms with Crippen LogP contribution in [-0.4, -0.2) is 28.0 Å². The van der Waals surface area contributed by atoms with Crippen LogP contribution in [-0.2, 0) is 26.9 Å². The molecule has 0 spiro atoms. The van der Waals surface area contributed by atoms with Crippen molar-refractivity contribution in [3.63, 3.8) is 0 Å². The van der Waals surface area contributed by atoms with Crippen LogP contribution in [0.4, 0.5) is 0 Å². The van der Waals surface area contributed by atoms with Crippen molar-refractivity contribution < 1.29 is 17.9 Å². The molecule has 0 atom stereocenters. The normalized spacial score (nSPS) is 11.2. The lowest BCUT2D eigenvalue weighted by molar-refractivity contribution is 0.0600. The minimum atomic E-state index is -3.41. The van der Waals surface area contributed by atoms with Gasteiger partial charge in [0, 0.05) is 6.54 Å². The Balaban J connectivity index is 1.89. The van der Waals surface area contributed by atoms with Gasteiger partial charge in [-0.1, -0.05) is 42.5 Å². The molecule has 1 N–H and O–H groups in total. The second kappa shape index (κ2) is 7.89. The third kappa shape index (κ3) is 5.50. The number of hydrogen-bond donors (Lipinski definition) is 1. The highest BCUT2D eigenvalue weighted by atomic mass is 32.2. The molecule has 6 heteroatoms. The summed E-state index contributed by atoms with van der Waals surface area (Å²) in [4.78, 5) is 11.3. The smallest absolute Gasteiger partial charge is 0.337 e. The van der Waals surface area contributed by atoms with Crippen LogP contribution in [0.25, 0.3) is 0 Å². The van der Waals surface area contributed by atoms with E-state index < -0.39 is 16.0 Å². The maximum absolute atomic E-state index is 12.1. The summed E-state index contributed by atoms with van der Waals surface area (Å²) in [6.45, 7) is 0.354. The van der Waals surface area contributed by atoms with Crippen LogP contribution >= 0.6 is 0 Å². The molecule has 0 aliphatic heterocycles. The Hall–Kier alpha value is -2.18. The second-order valence-electron chi connectivity index (χ2n) is 5.08. The van der Waals surface area contributed by atoms with Gasteiger partial charge in [-0.2, -0.15) is 0 Å². The molecule has 0 aliphatic rings. The fourth-order valence-electron chi connectivity index (χ4n) is 2.12. The number of carbonyl (C=O) groups is 1. The number of ether oxygens (including phenoxy) is 1. The standard InChI is InChI=1S/C17H19NO4S/c1-22-17(19)16-9-7-15(8-10-16)13-23(20,21)18-12-11-14-5-3-2-4-6-14/h2-10,18H,11-13H2,1H3. The predicted octanol–water partition coefficient (Wildman–Crippen LogP) is 2.14. The topological polar surface area (TPSA) is 72.5 Å². The third-order valence-corrected chi connectivity index (χ3v) is 4.67. The van der Waals surface area contributed by atoms with E-state index in [2.05, 4.69) is 9.46 Å². The summed E-state index contributed by atoms with van der Waals surface area (Å²) in [5.74, 6) is -0.566. The van der Waals surface area contributed by atoms with E-state index >= 15 is 0 Å². The van der Waals surface area contributed by atoms with Gasteiger partial charge in [0.2, 0.25) is 10.0 Å². The van der Waals surface area contributed by atoms with Gasteiger partial charge in [-0.05, 0) is 29.7 Å². The highest BCUT2D eigenvalue weighted by molar-refractivity contribution is 7.88. The first kappa shape index (κ1) is 17.2. The summed E-state index contributed by atoms with van der Waals surface area (Å²) in [7, 11) is -2.11. The molecule has 2 rings (SSSR count). The van der Waals surface area contributed by atoms with Gasteiger partial charge < -0.3 is 4.74 Å². The van der Waals surface area contributed by atoms with E-state index in [0.717, 1.165) is 5.56 Å². The average Bonchev–Trinajstić information content (AvgIpc) is 2.55. The van der Waals surface area contributed by atoms with Crippen molar-refractivity contribution in [1.29, 1.82) is 0 Å². The molecule has 2 aromatic carbocycles. The number of esters is 1. The van der Waals surface area contributed by atoms with Crippen molar-refractivity contribution in [2.24, 2.45) is 0 Å². The van der Waals surface area contributed by atoms with Gasteiger partial charge in [-0.25, -0.2) is 17.9 Å². The minimum Gasteiger partial charge on any atom is -0.465 e. The first-order chi connectivity index (χ1) is 11.0. The average molecular weight is 333 g/mol. The fraction of sp³-hybridized carbons (Fsp3) is 0.235. The van der Waals surface area contributed by atoms with Crippen LogP contribution in [0.3, 0.4) is 0 Å². The lowest BCUT2D eigenvalue weighted by Gasteiger charge is -2.07. The van der Waals surface area contributed by atoms with Crippen molar-refractivity contribution in [3.05, 3.63) is 71.3 Å². The van der Waals surface area contributed by atoms with E-state index in [0.29, 0.717) is 24.1 Å². The number of carbonyl (C=O) groups excluding carboxylic acids is 1. The van der Waals surface area contributed by atoms with E-state index in [9.17, 15) is 13.2 Å². The van der Waals surface area contributed by atoms with E-state index in [1.165, 1.54) is 7.11 Å². The highest BCUT2D eigenvalue weighted by Gasteiger charge is 2.12. The van der Waals surface area contributed by atoms with Gasteiger partial charge >= 0.3 is 5.97 Å². The lowest BCUT2D eigenvalue weighted by atomic mass is 10.1. The first-order valence-electron chi connectivity index (χ1n) is 7.19. The minimum absolute atomic E-state index is 0.122. The fourth-order valence-corrected chi connectivity index (χ4v) is 3.27. The molecule has 122 valence electrons. The van der Waals surface area contributed by atoms with Crippen molar-refractivity contribution in [1.82, 2.24) is 4.72 Å². The van der Waals surface area contributed by atoms with Gasteiger partial charge in [0.05, 0.1) is 18.4 Å². The quantitative estimate of drug-likeness (QED) is 0.788. The first-order valence-corrected chi connectivity index (χ1v) is 8.84. The SMILES string of the molecule is COC(=O)c1ccc(CS(=O)(=O)NCCc2ccccc2)cc1. The Morgan fingerprint density at radius 2 is 1.65 bits per heavy atom. The second-order valence-corrected chi connectivity index (χ2v) is 6.88. The molecule has 2 aromatic rings. The third-order valence-electron chi connectivity index (χ3n) is 3.31. The zero-order valence-electron chi connectivity index (χ0n) is 12.9. The monoisotopic (exact) mass is 333 g/mol. The van der Waals surface area contributed by atoms with Crippen LogP contribution < -0.4 is 4.72 Å². The summed E-state index contributed by atoms with van der Waals surface area (Å²) in [6.07, 6.45) is 0.640. The Bertz CT molecular complexity index is 740. The maximum atomic E-state index is 12.1. The van der Waals surface area contributed by atoms with Crippen molar-refractivity contribution in [2.45, 2.75) is 12.2 Å². The number of sulfonamides is 1. The number of methoxy groups -OCH3 is 1. The van der Waals surface area contributed by atoms with Crippen LogP contribution in [0.15, 0.2) is 54.6 Å². The lowest BCUT2D eigenvalue weighted by Crippen LogP contribution is -2.27. The van der Waals surface area contributed by atoms with Crippen LogP contribution in [0.2, 0.25) is 0 Å². The Morgan fingerprint density at radius 3 is 2.26 bits per heavy atom. The molecule has 0 amide bonds. The Morgan fingerprint density at radius 1 is 1.00 bits per heavy atom. The van der Waals surface area contributed by atoms with Crippen LogP contribution in [0.1, 0.15) is 21.5 Å². The summed E-state index contributed by atoms with van der Waals surface area (Å²) < 4.78 is 31.3. The number of nitrogens with one attached hydrogen (secondary N) is 1. The zero-order chi connectivity index (χ0) is 16.7. The van der Waals surface area contributed by atoms with E-state index in [4.69, 9.17) is 0 Å². The van der Waals surface area contributed by atoms with Crippen molar-refractivity contribution >= 4 is 16.0 Å². The molecule has 0 bridgehead atoms. The van der Waals surface area contributed by atoms with Gasteiger partial charge in [-0.15, -0.1) is 0 Å². The molecule has 23 heavy (non-hydrogen) atoms. The molecule has 0 unspecified atom stereocenters. The molecule has 0 fully saturated rings. The summed E-state index contributed by atoms with van der Waals surface area (Å²) in [5, 5.41) is 0. The van der Waals surface area contributed by atoms with E-state index in [1.807, 2.05) is 30.3 Å². The van der Waals surface area contributed by atoms with E-state index in [-0.39, 0.29) is 5.75 Å². The highest BCUT2D eigenvalue weighted by Crippen LogP contribution is 2.09. The molecule has 0 saturated carbocycles. The van der Waals surface area contributed by atoms with E-state index in [1.54, 1.807) is 24.3 Å². The van der Waals surface area contributed by atoms with Crippen molar-refractivity contribution in [2.75, 3.05) is 13.7 Å². The number of hydrogen-bond acceptors (Lipinski definition) is 4. The molecular formula is C17H19NO4S. The number of benzene rings is 2. The van der Waals surface area contributed by atoms with Crippen molar-refractivity contribution in [3.8, 4) is 0 Å². The van der Waals surface area contributed by atoms with Gasteiger partial charge in [0.15, 0.2) is 0 Å². The van der Waals surface area contributed by atoms with Crippen LogP contribution in [0, 0.1) is 0 Å². The van der Waals surface area contributed by atoms with Gasteiger partial charge in [0.25, 0.3) is 0 Å². The molecular weight excluding hydrogens is 314 g/mol. The van der Waals surface area contributed by atoms with Gasteiger partial charge in [-0.3, -0.25) is 0 Å². The van der Waals surface area contributed by atoms with Crippen LogP contribution in [0.5, 0.6) is 0 Å². The molecule has 5 nitrogen and oxygen atoms in total. The molecule has 0 radical (unpaired) electrons. The molecule has 0 heterocycles. The summed E-state index contributed by atoms with van der Waals surface area (Å²) in [5.41, 5.74) is 2.09. The summed E-state index contributed by atoms with van der Waals surface area (Å²) in [6, 6.07) is 16.0. The largest absolute Gasteiger partial charge is 0.465 e. The summed E-state index contributed by atoms with van der Waals surface area (Å²) >= 11 is 0. The van der Waals surface area contributed by atoms with Gasteiger partial charge in [0.1, 0.15) is 0 Å². The molecule has 0 aromatic heterocycles. The molecule has 0 saturated heterocycles. The maximum Gasteiger partial charge on any atom is 0.337 e. The Labute approximate surface area is 136 Å². The predicted molar refractivity (Wildman–Crippen MR) is 88.6 cm³/mol. The Kier molecular flexibility index (Phi) is 5.90. The zero-order valence-corrected chi connectivity index (χ0v) is 13.7.